The third-order valence-corrected chi connectivity index (χ3v) is 3.21. The van der Waals surface area contributed by atoms with Gasteiger partial charge in [0.2, 0.25) is 5.91 Å². The third kappa shape index (κ3) is 4.21. The first-order valence-corrected chi connectivity index (χ1v) is 6.87. The van der Waals surface area contributed by atoms with Crippen molar-refractivity contribution in [2.45, 2.75) is 13.0 Å². The summed E-state index contributed by atoms with van der Waals surface area (Å²) in [5.41, 5.74) is 1.96. The van der Waals surface area contributed by atoms with Crippen molar-refractivity contribution >= 4 is 12.0 Å². The summed E-state index contributed by atoms with van der Waals surface area (Å²) in [6.07, 6.45) is 3.28. The predicted molar refractivity (Wildman–Crippen MR) is 85.0 cm³/mol. The Morgan fingerprint density at radius 3 is 2.48 bits per heavy atom. The third-order valence-electron chi connectivity index (χ3n) is 3.21. The summed E-state index contributed by atoms with van der Waals surface area (Å²) in [6, 6.07) is 17.4. The number of hydrogen-bond donors (Lipinski definition) is 1. The first-order valence-electron chi connectivity index (χ1n) is 6.87. The van der Waals surface area contributed by atoms with Crippen LogP contribution in [0.1, 0.15) is 24.1 Å². The summed E-state index contributed by atoms with van der Waals surface area (Å²) in [4.78, 5) is 12.0. The normalized spacial score (nSPS) is 12.1. The molecule has 0 spiro atoms. The van der Waals surface area contributed by atoms with Crippen LogP contribution in [0.25, 0.3) is 6.08 Å². The van der Waals surface area contributed by atoms with E-state index in [9.17, 15) is 4.79 Å². The van der Waals surface area contributed by atoms with Crippen LogP contribution in [-0.4, -0.2) is 13.0 Å². The Labute approximate surface area is 125 Å². The highest BCUT2D eigenvalue weighted by molar-refractivity contribution is 5.92. The van der Waals surface area contributed by atoms with Crippen LogP contribution in [0.4, 0.5) is 0 Å². The molecule has 1 N–H and O–H groups in total. The van der Waals surface area contributed by atoms with Crippen molar-refractivity contribution in [2.75, 3.05) is 7.11 Å². The molecule has 0 aromatic heterocycles. The number of benzene rings is 2. The molecular formula is C18H19NO2. The van der Waals surface area contributed by atoms with Gasteiger partial charge in [0.05, 0.1) is 13.2 Å². The molecule has 108 valence electrons. The van der Waals surface area contributed by atoms with Gasteiger partial charge < -0.3 is 10.1 Å². The smallest absolute Gasteiger partial charge is 0.244 e. The highest BCUT2D eigenvalue weighted by Gasteiger charge is 2.06. The zero-order chi connectivity index (χ0) is 15.1. The lowest BCUT2D eigenvalue weighted by Crippen LogP contribution is -2.24. The number of ether oxygens (including phenoxy) is 1. The molecule has 2 aromatic rings. The van der Waals surface area contributed by atoms with Gasteiger partial charge in [0.15, 0.2) is 0 Å². The maximum Gasteiger partial charge on any atom is 0.244 e. The van der Waals surface area contributed by atoms with E-state index in [-0.39, 0.29) is 11.9 Å². The number of amides is 1. The van der Waals surface area contributed by atoms with E-state index >= 15 is 0 Å². The lowest BCUT2D eigenvalue weighted by atomic mass is 10.1. The van der Waals surface area contributed by atoms with Crippen molar-refractivity contribution in [3.05, 3.63) is 71.8 Å². The monoisotopic (exact) mass is 281 g/mol. The summed E-state index contributed by atoms with van der Waals surface area (Å²) in [5.74, 6) is 0.620. The largest absolute Gasteiger partial charge is 0.496 e. The number of nitrogens with one attached hydrogen (secondary N) is 1. The Morgan fingerprint density at radius 1 is 1.10 bits per heavy atom. The molecule has 3 nitrogen and oxygen atoms in total. The van der Waals surface area contributed by atoms with Crippen molar-refractivity contribution in [2.24, 2.45) is 0 Å². The van der Waals surface area contributed by atoms with Crippen molar-refractivity contribution in [1.82, 2.24) is 5.32 Å². The fourth-order valence-electron chi connectivity index (χ4n) is 2.06. The average molecular weight is 281 g/mol. The summed E-state index contributed by atoms with van der Waals surface area (Å²) in [5, 5.41) is 2.94. The van der Waals surface area contributed by atoms with Gasteiger partial charge in [-0.15, -0.1) is 0 Å². The predicted octanol–water partition coefficient (Wildman–Crippen LogP) is 3.59. The minimum atomic E-state index is -0.128. The molecule has 0 aliphatic carbocycles. The number of carbonyl (C=O) groups is 1. The van der Waals surface area contributed by atoms with Gasteiger partial charge in [-0.2, -0.15) is 0 Å². The number of hydrogen-bond acceptors (Lipinski definition) is 2. The maximum atomic E-state index is 12.0. The fraction of sp³-hybridized carbons (Fsp3) is 0.167. The van der Waals surface area contributed by atoms with E-state index < -0.39 is 0 Å². The number of carbonyl (C=O) groups excluding carboxylic acids is 1. The van der Waals surface area contributed by atoms with Gasteiger partial charge in [-0.05, 0) is 24.6 Å². The van der Waals surface area contributed by atoms with E-state index in [2.05, 4.69) is 5.32 Å². The zero-order valence-corrected chi connectivity index (χ0v) is 12.2. The van der Waals surface area contributed by atoms with Crippen LogP contribution in [0.15, 0.2) is 60.7 Å². The van der Waals surface area contributed by atoms with Gasteiger partial charge in [-0.1, -0.05) is 48.5 Å². The minimum Gasteiger partial charge on any atom is -0.496 e. The fourth-order valence-corrected chi connectivity index (χ4v) is 2.06. The van der Waals surface area contributed by atoms with E-state index in [1.165, 1.54) is 6.08 Å². The molecule has 0 aliphatic rings. The SMILES string of the molecule is COc1ccccc1C=CC(=O)NC(C)c1ccccc1. The van der Waals surface area contributed by atoms with Crippen molar-refractivity contribution in [3.63, 3.8) is 0 Å². The minimum absolute atomic E-state index is 0.0268. The Kier molecular flexibility index (Phi) is 5.16. The quantitative estimate of drug-likeness (QED) is 0.851. The second-order valence-electron chi connectivity index (χ2n) is 4.72. The van der Waals surface area contributed by atoms with E-state index in [4.69, 9.17) is 4.74 Å². The highest BCUT2D eigenvalue weighted by atomic mass is 16.5. The molecule has 0 saturated carbocycles. The molecule has 1 atom stereocenters. The van der Waals surface area contributed by atoms with Crippen LogP contribution >= 0.6 is 0 Å². The van der Waals surface area contributed by atoms with E-state index in [0.29, 0.717) is 0 Å². The number of rotatable bonds is 5. The first-order chi connectivity index (χ1) is 10.2. The van der Waals surface area contributed by atoms with Crippen LogP contribution in [0.3, 0.4) is 0 Å². The molecule has 1 amide bonds. The Hall–Kier alpha value is -2.55. The summed E-state index contributed by atoms with van der Waals surface area (Å²) >= 11 is 0. The molecule has 2 rings (SSSR count). The van der Waals surface area contributed by atoms with Crippen LogP contribution in [-0.2, 0) is 4.79 Å². The van der Waals surface area contributed by atoms with E-state index in [1.54, 1.807) is 13.2 Å². The molecule has 3 heteroatoms. The molecule has 0 saturated heterocycles. The lowest BCUT2D eigenvalue weighted by Gasteiger charge is -2.12. The van der Waals surface area contributed by atoms with Crippen molar-refractivity contribution < 1.29 is 9.53 Å². The second-order valence-corrected chi connectivity index (χ2v) is 4.72. The van der Waals surface area contributed by atoms with Gasteiger partial charge in [-0.3, -0.25) is 4.79 Å². The second kappa shape index (κ2) is 7.29. The molecule has 0 radical (unpaired) electrons. The summed E-state index contributed by atoms with van der Waals surface area (Å²) in [6.45, 7) is 1.96. The van der Waals surface area contributed by atoms with E-state index in [1.807, 2.05) is 61.5 Å². The van der Waals surface area contributed by atoms with E-state index in [0.717, 1.165) is 16.9 Å². The van der Waals surface area contributed by atoms with Gasteiger partial charge in [0, 0.05) is 11.6 Å². The Balaban J connectivity index is 2.00. The zero-order valence-electron chi connectivity index (χ0n) is 12.2. The Bertz CT molecular complexity index is 620. The van der Waals surface area contributed by atoms with Gasteiger partial charge >= 0.3 is 0 Å². The van der Waals surface area contributed by atoms with Gasteiger partial charge in [0.1, 0.15) is 5.75 Å². The lowest BCUT2D eigenvalue weighted by molar-refractivity contribution is -0.117. The number of methoxy groups -OCH3 is 1. The first kappa shape index (κ1) is 14.9. The van der Waals surface area contributed by atoms with Crippen LogP contribution < -0.4 is 10.1 Å². The highest BCUT2D eigenvalue weighted by Crippen LogP contribution is 2.18. The van der Waals surface area contributed by atoms with Crippen molar-refractivity contribution in [1.29, 1.82) is 0 Å². The molecule has 0 heterocycles. The van der Waals surface area contributed by atoms with Crippen LogP contribution in [0.2, 0.25) is 0 Å². The molecule has 2 aromatic carbocycles. The Morgan fingerprint density at radius 2 is 1.76 bits per heavy atom. The molecule has 0 aliphatic heterocycles. The van der Waals surface area contributed by atoms with Gasteiger partial charge in [-0.25, -0.2) is 0 Å². The number of para-hydroxylation sites is 1. The van der Waals surface area contributed by atoms with Crippen LogP contribution in [0, 0.1) is 0 Å². The standard InChI is InChI=1S/C18H19NO2/c1-14(15-8-4-3-5-9-15)19-18(20)13-12-16-10-6-7-11-17(16)21-2/h3-14H,1-2H3,(H,19,20). The van der Waals surface area contributed by atoms with Crippen molar-refractivity contribution in [3.8, 4) is 5.75 Å². The molecule has 1 unspecified atom stereocenters. The maximum absolute atomic E-state index is 12.0. The summed E-state index contributed by atoms with van der Waals surface area (Å²) < 4.78 is 5.25. The molecule has 0 bridgehead atoms. The van der Waals surface area contributed by atoms with Gasteiger partial charge in [0.25, 0.3) is 0 Å². The topological polar surface area (TPSA) is 38.3 Å². The van der Waals surface area contributed by atoms with Crippen LogP contribution in [0.5, 0.6) is 5.75 Å². The summed E-state index contributed by atoms with van der Waals surface area (Å²) in [7, 11) is 1.62. The molecule has 21 heavy (non-hydrogen) atoms. The average Bonchev–Trinajstić information content (AvgIpc) is 2.54. The molecular weight excluding hydrogens is 262 g/mol. The molecule has 0 fully saturated rings.